The molecule has 0 saturated carbocycles. The molecule has 1 aromatic heterocycles. The van der Waals surface area contributed by atoms with E-state index >= 15 is 0 Å². The van der Waals surface area contributed by atoms with Gasteiger partial charge >= 0.3 is 0 Å². The Bertz CT molecular complexity index is 1080. The largest absolute Gasteiger partial charge is 0.497 e. The molecular formula is C23H19N3O3. The van der Waals surface area contributed by atoms with E-state index in [-0.39, 0.29) is 18.4 Å². The minimum atomic E-state index is -0.255. The number of benzene rings is 2. The Hall–Kier alpha value is -3.93. The molecule has 1 aliphatic rings. The van der Waals surface area contributed by atoms with Crippen molar-refractivity contribution in [1.82, 2.24) is 4.98 Å². The first-order chi connectivity index (χ1) is 14.2. The van der Waals surface area contributed by atoms with Gasteiger partial charge in [0, 0.05) is 18.0 Å². The molecule has 0 unspecified atom stereocenters. The molecule has 3 aromatic rings. The summed E-state index contributed by atoms with van der Waals surface area (Å²) in [6.45, 7) is -0.0420. The molecule has 0 aliphatic carbocycles. The molecule has 29 heavy (non-hydrogen) atoms. The molecule has 2 heterocycles. The van der Waals surface area contributed by atoms with Crippen molar-refractivity contribution in [3.8, 4) is 5.75 Å². The minimum absolute atomic E-state index is 0.0420. The Morgan fingerprint density at radius 2 is 1.79 bits per heavy atom. The molecule has 0 radical (unpaired) electrons. The monoisotopic (exact) mass is 385 g/mol. The highest BCUT2D eigenvalue weighted by Crippen LogP contribution is 2.32. The van der Waals surface area contributed by atoms with Gasteiger partial charge in [-0.25, -0.2) is 0 Å². The van der Waals surface area contributed by atoms with E-state index in [4.69, 9.17) is 4.74 Å². The maximum Gasteiger partial charge on any atom is 0.259 e. The second-order valence-electron chi connectivity index (χ2n) is 6.52. The summed E-state index contributed by atoms with van der Waals surface area (Å²) in [6, 6.07) is 18.2. The van der Waals surface area contributed by atoms with Gasteiger partial charge in [0.05, 0.1) is 18.5 Å². The Kier molecular flexibility index (Phi) is 5.07. The number of anilines is 2. The van der Waals surface area contributed by atoms with Crippen LogP contribution in [0.3, 0.4) is 0 Å². The van der Waals surface area contributed by atoms with Crippen LogP contribution in [0.25, 0.3) is 11.6 Å². The number of nitrogens with zero attached hydrogens (tertiary/aromatic N) is 2. The molecule has 0 saturated heterocycles. The van der Waals surface area contributed by atoms with Crippen LogP contribution in [0.15, 0.2) is 73.1 Å². The number of amides is 2. The minimum Gasteiger partial charge on any atom is -0.497 e. The van der Waals surface area contributed by atoms with Gasteiger partial charge in [-0.3, -0.25) is 19.5 Å². The SMILES string of the molecule is COc1ccc(/C(=C\c2ccncc2)C(=O)N2CC(=O)Nc3ccccc32)cc1. The van der Waals surface area contributed by atoms with Gasteiger partial charge in [0.25, 0.3) is 5.91 Å². The average Bonchev–Trinajstić information content (AvgIpc) is 2.77. The van der Waals surface area contributed by atoms with Crippen molar-refractivity contribution in [2.24, 2.45) is 0 Å². The summed E-state index contributed by atoms with van der Waals surface area (Å²) in [5, 5.41) is 2.81. The third-order valence-electron chi connectivity index (χ3n) is 4.66. The molecule has 144 valence electrons. The number of pyridine rings is 1. The number of methoxy groups -OCH3 is 1. The fourth-order valence-corrected chi connectivity index (χ4v) is 3.23. The molecule has 0 fully saturated rings. The maximum atomic E-state index is 13.6. The molecule has 2 aromatic carbocycles. The Morgan fingerprint density at radius 1 is 1.07 bits per heavy atom. The molecule has 6 nitrogen and oxygen atoms in total. The van der Waals surface area contributed by atoms with Crippen LogP contribution in [0.5, 0.6) is 5.75 Å². The number of nitrogens with one attached hydrogen (secondary N) is 1. The van der Waals surface area contributed by atoms with E-state index in [0.717, 1.165) is 11.1 Å². The summed E-state index contributed by atoms with van der Waals surface area (Å²) in [5.41, 5.74) is 3.34. The van der Waals surface area contributed by atoms with Crippen molar-refractivity contribution in [3.63, 3.8) is 0 Å². The van der Waals surface area contributed by atoms with E-state index < -0.39 is 0 Å². The smallest absolute Gasteiger partial charge is 0.259 e. The van der Waals surface area contributed by atoms with E-state index in [1.54, 1.807) is 43.8 Å². The molecule has 0 atom stereocenters. The zero-order valence-electron chi connectivity index (χ0n) is 15.8. The lowest BCUT2D eigenvalue weighted by Gasteiger charge is -2.30. The van der Waals surface area contributed by atoms with Crippen molar-refractivity contribution in [2.45, 2.75) is 0 Å². The number of carbonyl (C=O) groups excluding carboxylic acids is 2. The molecule has 4 rings (SSSR count). The predicted octanol–water partition coefficient (Wildman–Crippen LogP) is 3.62. The van der Waals surface area contributed by atoms with Crippen LogP contribution >= 0.6 is 0 Å². The van der Waals surface area contributed by atoms with Gasteiger partial charge in [0.15, 0.2) is 0 Å². The lowest BCUT2D eigenvalue weighted by atomic mass is 10.0. The van der Waals surface area contributed by atoms with Gasteiger partial charge in [0.1, 0.15) is 12.3 Å². The lowest BCUT2D eigenvalue weighted by molar-refractivity contribution is -0.118. The fourth-order valence-electron chi connectivity index (χ4n) is 3.23. The van der Waals surface area contributed by atoms with Crippen LogP contribution in [-0.4, -0.2) is 30.5 Å². The topological polar surface area (TPSA) is 71.5 Å². The highest BCUT2D eigenvalue weighted by Gasteiger charge is 2.29. The first-order valence-corrected chi connectivity index (χ1v) is 9.12. The molecule has 1 aliphatic heterocycles. The van der Waals surface area contributed by atoms with Gasteiger partial charge in [-0.15, -0.1) is 0 Å². The van der Waals surface area contributed by atoms with Crippen LogP contribution in [0.4, 0.5) is 11.4 Å². The summed E-state index contributed by atoms with van der Waals surface area (Å²) in [4.78, 5) is 31.3. The second-order valence-corrected chi connectivity index (χ2v) is 6.52. The second kappa shape index (κ2) is 7.98. The van der Waals surface area contributed by atoms with E-state index in [0.29, 0.717) is 22.7 Å². The number of carbonyl (C=O) groups is 2. The average molecular weight is 385 g/mol. The molecule has 6 heteroatoms. The first kappa shape index (κ1) is 18.4. The van der Waals surface area contributed by atoms with Crippen LogP contribution in [0, 0.1) is 0 Å². The number of ether oxygens (including phenoxy) is 1. The van der Waals surface area contributed by atoms with Crippen LogP contribution < -0.4 is 15.0 Å². The number of aromatic nitrogens is 1. The van der Waals surface area contributed by atoms with E-state index in [1.165, 1.54) is 4.90 Å². The first-order valence-electron chi connectivity index (χ1n) is 9.12. The Morgan fingerprint density at radius 3 is 2.52 bits per heavy atom. The number of fused-ring (bicyclic) bond motifs is 1. The zero-order valence-corrected chi connectivity index (χ0v) is 15.8. The number of para-hydroxylation sites is 2. The van der Waals surface area contributed by atoms with Crippen molar-refractivity contribution in [1.29, 1.82) is 0 Å². The lowest BCUT2D eigenvalue weighted by Crippen LogP contribution is -2.42. The summed E-state index contributed by atoms with van der Waals surface area (Å²) in [5.74, 6) is 0.219. The Balaban J connectivity index is 1.80. The van der Waals surface area contributed by atoms with Gasteiger partial charge in [-0.2, -0.15) is 0 Å². The van der Waals surface area contributed by atoms with E-state index in [2.05, 4.69) is 10.3 Å². The molecule has 0 bridgehead atoms. The molecule has 1 N–H and O–H groups in total. The predicted molar refractivity (Wildman–Crippen MR) is 113 cm³/mol. The summed E-state index contributed by atoms with van der Waals surface area (Å²) in [6.07, 6.45) is 5.15. The summed E-state index contributed by atoms with van der Waals surface area (Å²) >= 11 is 0. The fraction of sp³-hybridized carbons (Fsp3) is 0.0870. The maximum absolute atomic E-state index is 13.6. The van der Waals surface area contributed by atoms with E-state index in [9.17, 15) is 9.59 Å². The van der Waals surface area contributed by atoms with Crippen molar-refractivity contribution in [2.75, 3.05) is 23.9 Å². The van der Waals surface area contributed by atoms with Crippen molar-refractivity contribution < 1.29 is 14.3 Å². The van der Waals surface area contributed by atoms with Gasteiger partial charge in [0.2, 0.25) is 5.91 Å². The van der Waals surface area contributed by atoms with Crippen LogP contribution in [-0.2, 0) is 9.59 Å². The summed E-state index contributed by atoms with van der Waals surface area (Å²) in [7, 11) is 1.59. The third kappa shape index (κ3) is 3.87. The van der Waals surface area contributed by atoms with Crippen LogP contribution in [0.1, 0.15) is 11.1 Å². The van der Waals surface area contributed by atoms with Crippen molar-refractivity contribution in [3.05, 3.63) is 84.2 Å². The Labute approximate surface area is 168 Å². The number of rotatable bonds is 4. The van der Waals surface area contributed by atoms with Gasteiger partial charge < -0.3 is 10.1 Å². The molecule has 2 amide bonds. The third-order valence-corrected chi connectivity index (χ3v) is 4.66. The van der Waals surface area contributed by atoms with Gasteiger partial charge in [-0.05, 0) is 53.6 Å². The zero-order chi connectivity index (χ0) is 20.2. The molecule has 0 spiro atoms. The van der Waals surface area contributed by atoms with Crippen molar-refractivity contribution >= 4 is 34.8 Å². The summed E-state index contributed by atoms with van der Waals surface area (Å²) < 4.78 is 5.23. The van der Waals surface area contributed by atoms with E-state index in [1.807, 2.05) is 42.5 Å². The van der Waals surface area contributed by atoms with Gasteiger partial charge in [-0.1, -0.05) is 24.3 Å². The number of hydrogen-bond donors (Lipinski definition) is 1. The standard InChI is InChI=1S/C23H19N3O3/c1-29-18-8-6-17(7-9-18)19(14-16-10-12-24-13-11-16)23(28)26-15-22(27)25-20-4-2-3-5-21(20)26/h2-14H,15H2,1H3,(H,25,27)/b19-14+. The highest BCUT2D eigenvalue weighted by atomic mass is 16.5. The quantitative estimate of drug-likeness (QED) is 0.697. The molecular weight excluding hydrogens is 366 g/mol. The highest BCUT2D eigenvalue weighted by molar-refractivity contribution is 6.32. The van der Waals surface area contributed by atoms with Crippen LogP contribution in [0.2, 0.25) is 0 Å². The normalized spacial score (nSPS) is 13.5. The number of hydrogen-bond acceptors (Lipinski definition) is 4.